The lowest BCUT2D eigenvalue weighted by atomic mass is 9.83. The standard InChI is InChI=1S/C20H25N3O2/c1-24-14-12-23-10-8-20(9-11-23)18-17(7-13-25-20)15-21-19(22-18)16-5-3-2-4-6-16/h2-6,15H,7-14H2,1H3. The summed E-state index contributed by atoms with van der Waals surface area (Å²) in [4.78, 5) is 12.0. The molecule has 1 aromatic heterocycles. The second-order valence-electron chi connectivity index (χ2n) is 6.86. The maximum absolute atomic E-state index is 6.33. The molecule has 1 spiro atoms. The van der Waals surface area contributed by atoms with Crippen LogP contribution in [0.3, 0.4) is 0 Å². The zero-order valence-electron chi connectivity index (χ0n) is 14.8. The number of hydrogen-bond donors (Lipinski definition) is 0. The van der Waals surface area contributed by atoms with Crippen molar-refractivity contribution in [3.05, 3.63) is 47.8 Å². The molecule has 0 unspecified atom stereocenters. The van der Waals surface area contributed by atoms with Crippen molar-refractivity contribution in [3.63, 3.8) is 0 Å². The zero-order chi connectivity index (χ0) is 17.1. The third kappa shape index (κ3) is 3.32. The molecule has 0 saturated carbocycles. The van der Waals surface area contributed by atoms with Gasteiger partial charge in [-0.25, -0.2) is 9.97 Å². The molecule has 5 heteroatoms. The van der Waals surface area contributed by atoms with Crippen LogP contribution < -0.4 is 0 Å². The monoisotopic (exact) mass is 339 g/mol. The highest BCUT2D eigenvalue weighted by Crippen LogP contribution is 2.40. The minimum absolute atomic E-state index is 0.246. The number of methoxy groups -OCH3 is 1. The summed E-state index contributed by atoms with van der Waals surface area (Å²) >= 11 is 0. The zero-order valence-corrected chi connectivity index (χ0v) is 14.8. The third-order valence-corrected chi connectivity index (χ3v) is 5.35. The highest BCUT2D eigenvalue weighted by molar-refractivity contribution is 5.55. The Morgan fingerprint density at radius 3 is 2.76 bits per heavy atom. The maximum atomic E-state index is 6.33. The van der Waals surface area contributed by atoms with Crippen LogP contribution in [0.5, 0.6) is 0 Å². The Bertz CT molecular complexity index is 712. The van der Waals surface area contributed by atoms with E-state index >= 15 is 0 Å². The van der Waals surface area contributed by atoms with Gasteiger partial charge in [0.2, 0.25) is 0 Å². The van der Waals surface area contributed by atoms with E-state index in [-0.39, 0.29) is 5.60 Å². The quantitative estimate of drug-likeness (QED) is 0.857. The van der Waals surface area contributed by atoms with Gasteiger partial charge in [0, 0.05) is 38.5 Å². The fourth-order valence-corrected chi connectivity index (χ4v) is 3.87. The van der Waals surface area contributed by atoms with Crippen molar-refractivity contribution in [2.75, 3.05) is 40.0 Å². The summed E-state index contributed by atoms with van der Waals surface area (Å²) < 4.78 is 11.5. The highest BCUT2D eigenvalue weighted by atomic mass is 16.5. The van der Waals surface area contributed by atoms with Crippen molar-refractivity contribution in [2.24, 2.45) is 0 Å². The predicted octanol–water partition coefficient (Wildman–Crippen LogP) is 2.65. The van der Waals surface area contributed by atoms with E-state index in [0.717, 1.165) is 69.2 Å². The van der Waals surface area contributed by atoms with Gasteiger partial charge in [0.05, 0.1) is 18.9 Å². The molecule has 0 aliphatic carbocycles. The largest absolute Gasteiger partial charge is 0.383 e. The van der Waals surface area contributed by atoms with E-state index in [1.807, 2.05) is 24.4 Å². The van der Waals surface area contributed by atoms with Crippen LogP contribution in [0.1, 0.15) is 24.1 Å². The van der Waals surface area contributed by atoms with E-state index in [4.69, 9.17) is 14.5 Å². The van der Waals surface area contributed by atoms with Crippen molar-refractivity contribution in [2.45, 2.75) is 24.9 Å². The molecule has 3 heterocycles. The Hall–Kier alpha value is -1.82. The summed E-state index contributed by atoms with van der Waals surface area (Å²) in [6.07, 6.45) is 4.87. The molecule has 4 rings (SSSR count). The number of aromatic nitrogens is 2. The summed E-state index contributed by atoms with van der Waals surface area (Å²) in [5, 5.41) is 0. The molecular weight excluding hydrogens is 314 g/mol. The number of rotatable bonds is 4. The molecule has 132 valence electrons. The van der Waals surface area contributed by atoms with Crippen molar-refractivity contribution in [1.29, 1.82) is 0 Å². The topological polar surface area (TPSA) is 47.5 Å². The van der Waals surface area contributed by atoms with Crippen molar-refractivity contribution >= 4 is 0 Å². The van der Waals surface area contributed by atoms with Gasteiger partial charge in [-0.05, 0) is 24.8 Å². The van der Waals surface area contributed by atoms with Gasteiger partial charge in [0.1, 0.15) is 5.60 Å². The highest BCUT2D eigenvalue weighted by Gasteiger charge is 2.42. The van der Waals surface area contributed by atoms with Gasteiger partial charge in [-0.2, -0.15) is 0 Å². The summed E-state index contributed by atoms with van der Waals surface area (Å²) in [5.74, 6) is 0.797. The van der Waals surface area contributed by atoms with Crippen LogP contribution in [0.15, 0.2) is 36.5 Å². The number of fused-ring (bicyclic) bond motifs is 2. The SMILES string of the molecule is COCCN1CCC2(CC1)OCCc1cnc(-c3ccccc3)nc12. The molecule has 2 aliphatic heterocycles. The van der Waals surface area contributed by atoms with E-state index in [1.165, 1.54) is 5.56 Å². The second-order valence-corrected chi connectivity index (χ2v) is 6.86. The normalized spacial score (nSPS) is 19.7. The Morgan fingerprint density at radius 1 is 1.20 bits per heavy atom. The summed E-state index contributed by atoms with van der Waals surface area (Å²) in [6, 6.07) is 10.2. The van der Waals surface area contributed by atoms with Crippen LogP contribution in [0.2, 0.25) is 0 Å². The Labute approximate surface area is 149 Å². The first kappa shape index (κ1) is 16.6. The summed E-state index contributed by atoms with van der Waals surface area (Å²) in [6.45, 7) is 4.57. The number of nitrogens with zero attached hydrogens (tertiary/aromatic N) is 3. The van der Waals surface area contributed by atoms with Gasteiger partial charge in [0.15, 0.2) is 5.82 Å². The average Bonchev–Trinajstić information content (AvgIpc) is 2.68. The molecule has 0 radical (unpaired) electrons. The Balaban J connectivity index is 1.61. The Morgan fingerprint density at radius 2 is 2.00 bits per heavy atom. The lowest BCUT2D eigenvalue weighted by Gasteiger charge is -2.44. The van der Waals surface area contributed by atoms with Gasteiger partial charge >= 0.3 is 0 Å². The van der Waals surface area contributed by atoms with Gasteiger partial charge < -0.3 is 14.4 Å². The molecule has 0 N–H and O–H groups in total. The lowest BCUT2D eigenvalue weighted by Crippen LogP contribution is -2.47. The van der Waals surface area contributed by atoms with Crippen LogP contribution in [-0.4, -0.2) is 54.8 Å². The smallest absolute Gasteiger partial charge is 0.159 e. The fourth-order valence-electron chi connectivity index (χ4n) is 3.87. The predicted molar refractivity (Wildman–Crippen MR) is 96.4 cm³/mol. The second kappa shape index (κ2) is 7.20. The molecule has 2 aromatic rings. The van der Waals surface area contributed by atoms with E-state index < -0.39 is 0 Å². The number of likely N-dealkylation sites (tertiary alicyclic amines) is 1. The maximum Gasteiger partial charge on any atom is 0.159 e. The molecule has 25 heavy (non-hydrogen) atoms. The average molecular weight is 339 g/mol. The van der Waals surface area contributed by atoms with E-state index in [2.05, 4.69) is 22.0 Å². The summed E-state index contributed by atoms with van der Waals surface area (Å²) in [5.41, 5.74) is 3.17. The van der Waals surface area contributed by atoms with Crippen LogP contribution in [0.4, 0.5) is 0 Å². The lowest BCUT2D eigenvalue weighted by molar-refractivity contribution is -0.102. The molecule has 1 saturated heterocycles. The van der Waals surface area contributed by atoms with Crippen molar-refractivity contribution in [1.82, 2.24) is 14.9 Å². The molecule has 1 aromatic carbocycles. The van der Waals surface area contributed by atoms with Crippen LogP contribution >= 0.6 is 0 Å². The van der Waals surface area contributed by atoms with Crippen molar-refractivity contribution in [3.8, 4) is 11.4 Å². The minimum atomic E-state index is -0.246. The first-order valence-electron chi connectivity index (χ1n) is 9.08. The molecule has 5 nitrogen and oxygen atoms in total. The number of hydrogen-bond acceptors (Lipinski definition) is 5. The third-order valence-electron chi connectivity index (χ3n) is 5.35. The van der Waals surface area contributed by atoms with Crippen LogP contribution in [0.25, 0.3) is 11.4 Å². The van der Waals surface area contributed by atoms with Gasteiger partial charge in [-0.3, -0.25) is 0 Å². The molecule has 1 fully saturated rings. The molecule has 0 amide bonds. The molecule has 2 aliphatic rings. The van der Waals surface area contributed by atoms with E-state index in [0.29, 0.717) is 0 Å². The van der Waals surface area contributed by atoms with E-state index in [9.17, 15) is 0 Å². The molecular formula is C20H25N3O2. The Kier molecular flexibility index (Phi) is 4.79. The molecule has 0 bridgehead atoms. The fraction of sp³-hybridized carbons (Fsp3) is 0.500. The minimum Gasteiger partial charge on any atom is -0.383 e. The van der Waals surface area contributed by atoms with Gasteiger partial charge in [-0.1, -0.05) is 30.3 Å². The first-order chi connectivity index (χ1) is 12.3. The van der Waals surface area contributed by atoms with Gasteiger partial charge in [-0.15, -0.1) is 0 Å². The molecule has 0 atom stereocenters. The van der Waals surface area contributed by atoms with Gasteiger partial charge in [0.25, 0.3) is 0 Å². The van der Waals surface area contributed by atoms with Crippen LogP contribution in [-0.2, 0) is 21.5 Å². The number of ether oxygens (including phenoxy) is 2. The summed E-state index contributed by atoms with van der Waals surface area (Å²) in [7, 11) is 1.76. The number of piperidine rings is 1. The first-order valence-corrected chi connectivity index (χ1v) is 9.08. The van der Waals surface area contributed by atoms with E-state index in [1.54, 1.807) is 7.11 Å². The van der Waals surface area contributed by atoms with Crippen molar-refractivity contribution < 1.29 is 9.47 Å². The van der Waals surface area contributed by atoms with Crippen LogP contribution in [0, 0.1) is 0 Å². The number of benzene rings is 1.